The highest BCUT2D eigenvalue weighted by molar-refractivity contribution is 6.23. The summed E-state index contributed by atoms with van der Waals surface area (Å²) in [7, 11) is 2.87. The van der Waals surface area contributed by atoms with Crippen LogP contribution in [-0.4, -0.2) is 48.9 Å². The number of methoxy groups -OCH3 is 2. The van der Waals surface area contributed by atoms with Gasteiger partial charge in [-0.1, -0.05) is 17.7 Å². The molecule has 2 aromatic carbocycles. The van der Waals surface area contributed by atoms with Gasteiger partial charge in [-0.3, -0.25) is 24.6 Å². The lowest BCUT2D eigenvalue weighted by atomic mass is 10.1. The highest BCUT2D eigenvalue weighted by Crippen LogP contribution is 2.36. The van der Waals surface area contributed by atoms with Crippen LogP contribution in [0.3, 0.4) is 0 Å². The molecule has 0 aromatic heterocycles. The number of anilines is 1. The van der Waals surface area contributed by atoms with Crippen LogP contribution in [0.1, 0.15) is 29.3 Å². The Morgan fingerprint density at radius 1 is 1.06 bits per heavy atom. The van der Waals surface area contributed by atoms with Crippen LogP contribution in [-0.2, 0) is 14.4 Å². The van der Waals surface area contributed by atoms with Gasteiger partial charge in [0, 0.05) is 18.6 Å². The minimum absolute atomic E-state index is 0.202. The van der Waals surface area contributed by atoms with Gasteiger partial charge in [0.1, 0.15) is 17.5 Å². The second kappa shape index (κ2) is 8.86. The number of amides is 4. The van der Waals surface area contributed by atoms with Gasteiger partial charge in [-0.25, -0.2) is 9.91 Å². The lowest BCUT2D eigenvalue weighted by molar-refractivity contribution is -0.139. The predicted octanol–water partition coefficient (Wildman–Crippen LogP) is 1.84. The summed E-state index contributed by atoms with van der Waals surface area (Å²) in [5.41, 5.74) is 3.95. The van der Waals surface area contributed by atoms with Crippen LogP contribution in [0.5, 0.6) is 11.5 Å². The number of hydrazine groups is 1. The lowest BCUT2D eigenvalue weighted by Gasteiger charge is -2.27. The van der Waals surface area contributed by atoms with Gasteiger partial charge in [0.05, 0.1) is 26.3 Å². The molecule has 1 aliphatic heterocycles. The summed E-state index contributed by atoms with van der Waals surface area (Å²) in [6.07, 6.45) is -0.285. The largest absolute Gasteiger partial charge is 0.497 e. The SMILES string of the molecule is COc1ccc(OC)c(N2C(=O)CC(N(NC(=O)c3ccc(C)cc3)C(C)=O)C2=O)c1. The Balaban J connectivity index is 1.89. The number of imide groups is 1. The number of ether oxygens (including phenoxy) is 2. The van der Waals surface area contributed by atoms with E-state index in [0.717, 1.165) is 15.5 Å². The monoisotopic (exact) mass is 425 g/mol. The van der Waals surface area contributed by atoms with Crippen molar-refractivity contribution in [1.29, 1.82) is 0 Å². The molecule has 1 atom stereocenters. The van der Waals surface area contributed by atoms with Gasteiger partial charge < -0.3 is 9.47 Å². The predicted molar refractivity (Wildman–Crippen MR) is 112 cm³/mol. The van der Waals surface area contributed by atoms with E-state index in [1.54, 1.807) is 36.4 Å². The number of aryl methyl sites for hydroxylation is 1. The zero-order valence-corrected chi connectivity index (χ0v) is 17.7. The Morgan fingerprint density at radius 2 is 1.74 bits per heavy atom. The summed E-state index contributed by atoms with van der Waals surface area (Å²) in [5, 5.41) is 0.898. The van der Waals surface area contributed by atoms with Crippen molar-refractivity contribution in [1.82, 2.24) is 10.4 Å². The molecule has 9 nitrogen and oxygen atoms in total. The van der Waals surface area contributed by atoms with Crippen molar-refractivity contribution in [2.24, 2.45) is 0 Å². The van der Waals surface area contributed by atoms with E-state index in [4.69, 9.17) is 9.47 Å². The zero-order valence-electron chi connectivity index (χ0n) is 17.7. The smallest absolute Gasteiger partial charge is 0.269 e. The molecule has 1 unspecified atom stereocenters. The molecule has 9 heteroatoms. The first-order valence-electron chi connectivity index (χ1n) is 9.53. The maximum Gasteiger partial charge on any atom is 0.269 e. The second-order valence-electron chi connectivity index (χ2n) is 7.02. The summed E-state index contributed by atoms with van der Waals surface area (Å²) >= 11 is 0. The van der Waals surface area contributed by atoms with Crippen LogP contribution in [0.25, 0.3) is 0 Å². The fourth-order valence-corrected chi connectivity index (χ4v) is 3.30. The van der Waals surface area contributed by atoms with Crippen LogP contribution in [0.2, 0.25) is 0 Å². The Bertz CT molecular complexity index is 1030. The Hall–Kier alpha value is -3.88. The number of hydrogen-bond donors (Lipinski definition) is 1. The molecule has 1 N–H and O–H groups in total. The van der Waals surface area contributed by atoms with E-state index in [-0.39, 0.29) is 12.1 Å². The minimum Gasteiger partial charge on any atom is -0.497 e. The van der Waals surface area contributed by atoms with E-state index in [1.165, 1.54) is 27.2 Å². The Kier molecular flexibility index (Phi) is 6.24. The third-order valence-corrected chi connectivity index (χ3v) is 4.94. The minimum atomic E-state index is -1.18. The number of hydrogen-bond acceptors (Lipinski definition) is 6. The van der Waals surface area contributed by atoms with E-state index in [9.17, 15) is 19.2 Å². The molecule has 0 spiro atoms. The summed E-state index contributed by atoms with van der Waals surface area (Å²) in [4.78, 5) is 51.7. The highest BCUT2D eigenvalue weighted by atomic mass is 16.5. The van der Waals surface area contributed by atoms with Crippen LogP contribution >= 0.6 is 0 Å². The van der Waals surface area contributed by atoms with Gasteiger partial charge in [-0.2, -0.15) is 0 Å². The standard InChI is InChI=1S/C22H23N3O6/c1-13-5-7-15(8-6-13)21(28)23-25(14(2)26)18-12-20(27)24(22(18)29)17-11-16(30-3)9-10-19(17)31-4/h5-11,18H,12H2,1-4H3,(H,23,28). The van der Waals surface area contributed by atoms with Gasteiger partial charge in [0.15, 0.2) is 0 Å². The molecule has 4 amide bonds. The second-order valence-corrected chi connectivity index (χ2v) is 7.02. The Morgan fingerprint density at radius 3 is 2.32 bits per heavy atom. The van der Waals surface area contributed by atoms with Gasteiger partial charge in [0.25, 0.3) is 11.8 Å². The fourth-order valence-electron chi connectivity index (χ4n) is 3.30. The van der Waals surface area contributed by atoms with E-state index >= 15 is 0 Å². The van der Waals surface area contributed by atoms with Gasteiger partial charge in [-0.05, 0) is 31.2 Å². The van der Waals surface area contributed by atoms with Crippen LogP contribution < -0.4 is 19.8 Å². The first kappa shape index (κ1) is 21.8. The molecule has 1 aliphatic rings. The molecular weight excluding hydrogens is 402 g/mol. The summed E-state index contributed by atoms with van der Waals surface area (Å²) in [5.74, 6) is -1.61. The van der Waals surface area contributed by atoms with Crippen molar-refractivity contribution in [2.45, 2.75) is 26.3 Å². The number of carbonyl (C=O) groups is 4. The maximum atomic E-state index is 13.2. The van der Waals surface area contributed by atoms with Crippen molar-refractivity contribution in [3.05, 3.63) is 53.6 Å². The Labute approximate surface area is 179 Å². The number of rotatable bonds is 5. The van der Waals surface area contributed by atoms with E-state index in [2.05, 4.69) is 5.43 Å². The van der Waals surface area contributed by atoms with Crippen molar-refractivity contribution in [2.75, 3.05) is 19.1 Å². The molecule has 1 heterocycles. The van der Waals surface area contributed by atoms with Gasteiger partial charge >= 0.3 is 0 Å². The van der Waals surface area contributed by atoms with Crippen LogP contribution in [0, 0.1) is 6.92 Å². The third-order valence-electron chi connectivity index (χ3n) is 4.94. The number of benzene rings is 2. The quantitative estimate of drug-likeness (QED) is 0.579. The molecular formula is C22H23N3O6. The molecule has 0 bridgehead atoms. The molecule has 0 radical (unpaired) electrons. The maximum absolute atomic E-state index is 13.2. The van der Waals surface area contributed by atoms with Crippen molar-refractivity contribution < 1.29 is 28.7 Å². The third kappa shape index (κ3) is 4.35. The van der Waals surface area contributed by atoms with Crippen LogP contribution in [0.15, 0.2) is 42.5 Å². The van der Waals surface area contributed by atoms with E-state index in [1.807, 2.05) is 6.92 Å². The van der Waals surface area contributed by atoms with Gasteiger partial charge in [-0.15, -0.1) is 0 Å². The molecule has 3 rings (SSSR count). The first-order chi connectivity index (χ1) is 14.8. The molecule has 31 heavy (non-hydrogen) atoms. The number of carbonyl (C=O) groups excluding carboxylic acids is 4. The topological polar surface area (TPSA) is 105 Å². The summed E-state index contributed by atoms with van der Waals surface area (Å²) in [6.45, 7) is 3.09. The molecule has 162 valence electrons. The number of nitrogens with zero attached hydrogens (tertiary/aromatic N) is 2. The molecule has 0 saturated carbocycles. The van der Waals surface area contributed by atoms with E-state index in [0.29, 0.717) is 17.1 Å². The zero-order chi connectivity index (χ0) is 22.7. The number of nitrogens with one attached hydrogen (secondary N) is 1. The molecule has 1 saturated heterocycles. The summed E-state index contributed by atoms with van der Waals surface area (Å²) in [6, 6.07) is 10.3. The average molecular weight is 425 g/mol. The van der Waals surface area contributed by atoms with Gasteiger partial charge in [0.2, 0.25) is 11.8 Å². The highest BCUT2D eigenvalue weighted by Gasteiger charge is 2.45. The van der Waals surface area contributed by atoms with Crippen molar-refractivity contribution >= 4 is 29.3 Å². The fraction of sp³-hybridized carbons (Fsp3) is 0.273. The first-order valence-corrected chi connectivity index (χ1v) is 9.53. The van der Waals surface area contributed by atoms with E-state index < -0.39 is 29.7 Å². The average Bonchev–Trinajstić information content (AvgIpc) is 3.05. The molecule has 2 aromatic rings. The van der Waals surface area contributed by atoms with Crippen LogP contribution in [0.4, 0.5) is 5.69 Å². The van der Waals surface area contributed by atoms with Crippen molar-refractivity contribution in [3.63, 3.8) is 0 Å². The summed E-state index contributed by atoms with van der Waals surface area (Å²) < 4.78 is 10.5. The lowest BCUT2D eigenvalue weighted by Crippen LogP contribution is -2.54. The molecule has 1 fully saturated rings. The normalized spacial score (nSPS) is 15.6. The molecule has 0 aliphatic carbocycles. The van der Waals surface area contributed by atoms with Crippen molar-refractivity contribution in [3.8, 4) is 11.5 Å².